The lowest BCUT2D eigenvalue weighted by atomic mass is 9.86. The smallest absolute Gasteiger partial charge is 0.172 e. The zero-order valence-electron chi connectivity index (χ0n) is 33.6. The number of fused-ring (bicyclic) bond motifs is 11. The molecule has 1 nitrogen and oxygen atoms in total. The van der Waals surface area contributed by atoms with E-state index < -0.39 is 7.14 Å². The van der Waals surface area contributed by atoms with E-state index >= 15 is 4.57 Å². The van der Waals surface area contributed by atoms with Gasteiger partial charge in [0.05, 0.1) is 0 Å². The molecule has 0 aromatic heterocycles. The minimum Gasteiger partial charge on any atom is -0.309 e. The average Bonchev–Trinajstić information content (AvgIpc) is 3.43. The molecule has 1 unspecified atom stereocenters. The molecule has 0 fully saturated rings. The molecule has 0 aliphatic carbocycles. The Morgan fingerprint density at radius 3 is 1.47 bits per heavy atom. The van der Waals surface area contributed by atoms with Gasteiger partial charge in [-0.2, -0.15) is 0 Å². The Balaban J connectivity index is 1.09. The summed E-state index contributed by atoms with van der Waals surface area (Å²) in [5, 5.41) is 22.2. The largest absolute Gasteiger partial charge is 0.309 e. The van der Waals surface area contributed by atoms with E-state index in [1.54, 1.807) is 0 Å². The van der Waals surface area contributed by atoms with E-state index in [0.717, 1.165) is 60.1 Å². The summed E-state index contributed by atoms with van der Waals surface area (Å²) in [6, 6.07) is 77.2. The summed E-state index contributed by atoms with van der Waals surface area (Å²) in [7, 11) is -3.51. The van der Waals surface area contributed by atoms with Crippen LogP contribution in [0.15, 0.2) is 212 Å². The zero-order chi connectivity index (χ0) is 40.7. The summed E-state index contributed by atoms with van der Waals surface area (Å²) in [4.78, 5) is 0. The monoisotopic (exact) mass is 802 g/mol. The zero-order valence-corrected chi connectivity index (χ0v) is 34.5. The Labute approximate surface area is 357 Å². The van der Waals surface area contributed by atoms with Crippen LogP contribution in [0.4, 0.5) is 0 Å². The Morgan fingerprint density at radius 2 is 0.774 bits per heavy atom. The minimum atomic E-state index is -3.51. The second-order valence-electron chi connectivity index (χ2n) is 17.0. The van der Waals surface area contributed by atoms with Crippen molar-refractivity contribution in [2.24, 2.45) is 0 Å². The van der Waals surface area contributed by atoms with Crippen molar-refractivity contribution in [1.82, 2.24) is 0 Å². The Kier molecular flexibility index (Phi) is 6.89. The van der Waals surface area contributed by atoms with Crippen LogP contribution in [0.3, 0.4) is 0 Å². The molecule has 286 valence electrons. The predicted molar refractivity (Wildman–Crippen MR) is 267 cm³/mol. The summed E-state index contributed by atoms with van der Waals surface area (Å²) in [6.45, 7) is 0. The van der Waals surface area contributed by atoms with Gasteiger partial charge in [-0.1, -0.05) is 188 Å². The van der Waals surface area contributed by atoms with E-state index in [0.29, 0.717) is 0 Å². The summed E-state index contributed by atoms with van der Waals surface area (Å²) in [6.07, 6.45) is 0. The maximum Gasteiger partial charge on any atom is 0.172 e. The molecule has 14 rings (SSSR count). The van der Waals surface area contributed by atoms with Crippen molar-refractivity contribution < 1.29 is 4.57 Å². The lowest BCUT2D eigenvalue weighted by Crippen LogP contribution is -2.26. The van der Waals surface area contributed by atoms with Gasteiger partial charge < -0.3 is 4.57 Å². The van der Waals surface area contributed by atoms with Gasteiger partial charge >= 0.3 is 0 Å². The topological polar surface area (TPSA) is 17.1 Å². The van der Waals surface area contributed by atoms with Gasteiger partial charge in [-0.05, 0) is 138 Å². The summed E-state index contributed by atoms with van der Waals surface area (Å²) in [5.74, 6) is 0. The van der Waals surface area contributed by atoms with Gasteiger partial charge in [0.1, 0.15) is 0 Å². The van der Waals surface area contributed by atoms with E-state index in [1.165, 1.54) is 75.4 Å². The van der Waals surface area contributed by atoms with E-state index in [-0.39, 0.29) is 0 Å². The van der Waals surface area contributed by atoms with Gasteiger partial charge in [0.15, 0.2) is 7.14 Å². The standard InChI is InChI=1S/C60H35OP/c61-62(53-24-6-5-20-47(53)51-31-29-36-11-1-3-18-45(36)59(51)60-46-19-4-2-12-37(46)30-32-54(60)62)44-17-7-16-41(34-44)43-33-42-28-27-40-14-9-22-49-48-21-8-13-38-25-26-39-15-10-23-50(57(39)55(38)48)52(35-43)58(42)56(40)49/h1-35H. The Bertz CT molecular complexity index is 4130. The van der Waals surface area contributed by atoms with Crippen LogP contribution in [-0.4, -0.2) is 0 Å². The molecular formula is C60H35OP. The molecule has 0 saturated heterocycles. The maximum absolute atomic E-state index is 17.1. The van der Waals surface area contributed by atoms with Gasteiger partial charge in [0.2, 0.25) is 0 Å². The van der Waals surface area contributed by atoms with Crippen molar-refractivity contribution in [3.63, 3.8) is 0 Å². The lowest BCUT2D eigenvalue weighted by Gasteiger charge is -2.24. The molecule has 62 heavy (non-hydrogen) atoms. The third-order valence-corrected chi connectivity index (χ3v) is 17.1. The molecule has 1 aliphatic heterocycles. The molecule has 1 heterocycles. The first-order valence-corrected chi connectivity index (χ1v) is 23.1. The van der Waals surface area contributed by atoms with Gasteiger partial charge in [-0.25, -0.2) is 0 Å². The highest BCUT2D eigenvalue weighted by molar-refractivity contribution is 7.85. The number of benzene rings is 12. The molecule has 0 radical (unpaired) electrons. The van der Waals surface area contributed by atoms with Gasteiger partial charge in [0.25, 0.3) is 0 Å². The van der Waals surface area contributed by atoms with Crippen LogP contribution in [0, 0.1) is 0 Å². The first-order valence-electron chi connectivity index (χ1n) is 21.4. The first-order chi connectivity index (χ1) is 30.6. The lowest BCUT2D eigenvalue weighted by molar-refractivity contribution is 0.592. The molecule has 2 heteroatoms. The summed E-state index contributed by atoms with van der Waals surface area (Å²) < 4.78 is 17.1. The van der Waals surface area contributed by atoms with E-state index in [1.807, 2.05) is 0 Å². The quantitative estimate of drug-likeness (QED) is 0.126. The van der Waals surface area contributed by atoms with Crippen molar-refractivity contribution in [2.75, 3.05) is 0 Å². The molecule has 0 spiro atoms. The van der Waals surface area contributed by atoms with Crippen LogP contribution >= 0.6 is 7.14 Å². The molecule has 13 aromatic rings. The van der Waals surface area contributed by atoms with E-state index in [9.17, 15) is 0 Å². The second-order valence-corrected chi connectivity index (χ2v) is 19.7. The van der Waals surface area contributed by atoms with Crippen LogP contribution in [-0.2, 0) is 4.57 Å². The fourth-order valence-electron chi connectivity index (χ4n) is 11.3. The van der Waals surface area contributed by atoms with Crippen LogP contribution < -0.4 is 15.9 Å². The van der Waals surface area contributed by atoms with Crippen molar-refractivity contribution in [1.29, 1.82) is 0 Å². The normalized spacial score (nSPS) is 14.9. The molecule has 13 aromatic carbocycles. The fraction of sp³-hybridized carbons (Fsp3) is 0. The van der Waals surface area contributed by atoms with E-state index in [4.69, 9.17) is 0 Å². The molecule has 0 bridgehead atoms. The van der Waals surface area contributed by atoms with Gasteiger partial charge in [0, 0.05) is 21.5 Å². The van der Waals surface area contributed by atoms with Gasteiger partial charge in [-0.3, -0.25) is 0 Å². The fourth-order valence-corrected chi connectivity index (χ4v) is 14.4. The highest BCUT2D eigenvalue weighted by Gasteiger charge is 2.39. The molecule has 1 aliphatic rings. The number of hydrogen-bond donors (Lipinski definition) is 0. The van der Waals surface area contributed by atoms with E-state index in [2.05, 4.69) is 212 Å². The Morgan fingerprint density at radius 1 is 0.274 bits per heavy atom. The van der Waals surface area contributed by atoms with Crippen molar-refractivity contribution in [3.05, 3.63) is 212 Å². The molecule has 1 atom stereocenters. The van der Waals surface area contributed by atoms with Crippen molar-refractivity contribution in [2.45, 2.75) is 0 Å². The van der Waals surface area contributed by atoms with Crippen LogP contribution in [0.1, 0.15) is 0 Å². The molecule has 0 N–H and O–H groups in total. The maximum atomic E-state index is 17.1. The first kappa shape index (κ1) is 34.2. The van der Waals surface area contributed by atoms with Crippen LogP contribution in [0.5, 0.6) is 0 Å². The van der Waals surface area contributed by atoms with Crippen LogP contribution in [0.2, 0.25) is 0 Å². The van der Waals surface area contributed by atoms with Gasteiger partial charge in [-0.15, -0.1) is 0 Å². The van der Waals surface area contributed by atoms with Crippen molar-refractivity contribution >= 4 is 109 Å². The molecule has 0 saturated carbocycles. The molecule has 0 amide bonds. The number of hydrogen-bond acceptors (Lipinski definition) is 1. The average molecular weight is 803 g/mol. The SMILES string of the molecule is O=P1(c2cccc(-c3cc4ccc5cccc6c7cccc8ccc9cccc(c(c3)c4c56)c9c87)c2)c2ccccc2-c2ccc3ccccc3c2-c2c1ccc1ccccc21. The second kappa shape index (κ2) is 12.5. The molecular weight excluding hydrogens is 768 g/mol. The van der Waals surface area contributed by atoms with Crippen LogP contribution in [0.25, 0.3) is 120 Å². The summed E-state index contributed by atoms with van der Waals surface area (Å²) in [5.41, 5.74) is 6.50. The highest BCUT2D eigenvalue weighted by atomic mass is 31.2. The minimum absolute atomic E-state index is 0.834. The highest BCUT2D eigenvalue weighted by Crippen LogP contribution is 2.55. The van der Waals surface area contributed by atoms with Crippen molar-refractivity contribution in [3.8, 4) is 33.4 Å². The number of rotatable bonds is 2. The summed E-state index contributed by atoms with van der Waals surface area (Å²) >= 11 is 0. The third-order valence-electron chi connectivity index (χ3n) is 13.9. The Hall–Kier alpha value is -7.57. The predicted octanol–water partition coefficient (Wildman–Crippen LogP) is 15.3. The third kappa shape index (κ3) is 4.51.